The highest BCUT2D eigenvalue weighted by Gasteiger charge is 2.31. The minimum Gasteiger partial charge on any atom is -0.346 e. The van der Waals surface area contributed by atoms with Crippen molar-refractivity contribution in [2.45, 2.75) is 18.8 Å². The first-order chi connectivity index (χ1) is 13.3. The van der Waals surface area contributed by atoms with Crippen LogP contribution in [0.25, 0.3) is 28.1 Å². The topological polar surface area (TPSA) is 72.3 Å². The Labute approximate surface area is 157 Å². The number of hydrogen-bond donors (Lipinski definition) is 0. The Balaban J connectivity index is 1.60. The van der Waals surface area contributed by atoms with Crippen LogP contribution in [0.1, 0.15) is 24.7 Å². The van der Waals surface area contributed by atoms with Crippen molar-refractivity contribution in [3.8, 4) is 11.5 Å². The molecule has 1 aliphatic carbocycles. The van der Waals surface area contributed by atoms with Gasteiger partial charge in [-0.2, -0.15) is 4.98 Å². The summed E-state index contributed by atoms with van der Waals surface area (Å²) < 4.78 is 21.2. The van der Waals surface area contributed by atoms with Gasteiger partial charge in [0.25, 0.3) is 0 Å². The van der Waals surface area contributed by atoms with Gasteiger partial charge in [-0.25, -0.2) is 14.4 Å². The molecule has 6 rings (SSSR count). The van der Waals surface area contributed by atoms with E-state index < -0.39 is 0 Å². The number of thioether (sulfide) groups is 1. The molecule has 136 valence electrons. The number of benzene rings is 1. The lowest BCUT2D eigenvalue weighted by Gasteiger charge is -2.18. The third-order valence-electron chi connectivity index (χ3n) is 5.05. The van der Waals surface area contributed by atoms with E-state index in [2.05, 4.69) is 20.0 Å². The van der Waals surface area contributed by atoms with Crippen molar-refractivity contribution < 1.29 is 8.91 Å². The Morgan fingerprint density at radius 2 is 2.15 bits per heavy atom. The number of anilines is 1. The number of hydrogen-bond acceptors (Lipinski definition) is 7. The lowest BCUT2D eigenvalue weighted by Crippen LogP contribution is -2.20. The van der Waals surface area contributed by atoms with Gasteiger partial charge >= 0.3 is 0 Å². The summed E-state index contributed by atoms with van der Waals surface area (Å²) in [6.45, 7) is 0.886. The van der Waals surface area contributed by atoms with Gasteiger partial charge in [-0.05, 0) is 31.0 Å². The Morgan fingerprint density at radius 3 is 2.96 bits per heavy atom. The molecule has 0 atom stereocenters. The Hall–Kier alpha value is -2.68. The van der Waals surface area contributed by atoms with Crippen LogP contribution in [0.4, 0.5) is 10.2 Å². The molecule has 1 saturated carbocycles. The molecule has 2 aliphatic rings. The van der Waals surface area contributed by atoms with Gasteiger partial charge in [0.1, 0.15) is 18.0 Å². The van der Waals surface area contributed by atoms with Crippen LogP contribution in [0.5, 0.6) is 0 Å². The zero-order valence-electron chi connectivity index (χ0n) is 14.3. The Kier molecular flexibility index (Phi) is 3.22. The van der Waals surface area contributed by atoms with E-state index in [4.69, 9.17) is 9.51 Å². The van der Waals surface area contributed by atoms with Crippen molar-refractivity contribution >= 4 is 34.1 Å². The molecule has 0 spiro atoms. The lowest BCUT2D eigenvalue weighted by molar-refractivity contribution is 0.380. The number of aromatic nitrogens is 5. The largest absolute Gasteiger partial charge is 0.346 e. The van der Waals surface area contributed by atoms with E-state index in [-0.39, 0.29) is 5.82 Å². The van der Waals surface area contributed by atoms with Crippen LogP contribution in [0.2, 0.25) is 0 Å². The van der Waals surface area contributed by atoms with Crippen LogP contribution in [-0.2, 0) is 0 Å². The molecule has 1 aromatic carbocycles. The summed E-state index contributed by atoms with van der Waals surface area (Å²) in [5.74, 6) is 3.88. The summed E-state index contributed by atoms with van der Waals surface area (Å²) in [6, 6.07) is 4.77. The molecule has 1 saturated heterocycles. The van der Waals surface area contributed by atoms with Gasteiger partial charge in [0.15, 0.2) is 11.3 Å². The molecule has 0 N–H and O–H groups in total. The second-order valence-electron chi connectivity index (χ2n) is 6.91. The van der Waals surface area contributed by atoms with Gasteiger partial charge in [0.05, 0.1) is 11.4 Å². The molecule has 3 aromatic heterocycles. The predicted molar refractivity (Wildman–Crippen MR) is 100 cm³/mol. The number of rotatable bonds is 3. The fourth-order valence-electron chi connectivity index (χ4n) is 3.49. The van der Waals surface area contributed by atoms with E-state index in [1.54, 1.807) is 18.5 Å². The van der Waals surface area contributed by atoms with Crippen LogP contribution < -0.4 is 4.90 Å². The van der Waals surface area contributed by atoms with Crippen molar-refractivity contribution in [2.75, 3.05) is 23.1 Å². The van der Waals surface area contributed by atoms with Crippen molar-refractivity contribution in [3.05, 3.63) is 36.2 Å². The van der Waals surface area contributed by atoms with Gasteiger partial charge in [-0.1, -0.05) is 5.16 Å². The fourth-order valence-corrected chi connectivity index (χ4v) is 4.44. The minimum atomic E-state index is -0.274. The average Bonchev–Trinajstić information content (AvgIpc) is 3.10. The van der Waals surface area contributed by atoms with Crippen LogP contribution in [0.3, 0.4) is 0 Å². The Morgan fingerprint density at radius 1 is 1.22 bits per heavy atom. The summed E-state index contributed by atoms with van der Waals surface area (Å²) in [6.07, 6.45) is 3.88. The van der Waals surface area contributed by atoms with Gasteiger partial charge in [-0.15, -0.1) is 11.8 Å². The third-order valence-corrected chi connectivity index (χ3v) is 6.01. The zero-order chi connectivity index (χ0) is 18.0. The van der Waals surface area contributed by atoms with Gasteiger partial charge in [0.2, 0.25) is 11.7 Å². The quantitative estimate of drug-likeness (QED) is 0.537. The molecule has 0 bridgehead atoms. The van der Waals surface area contributed by atoms with E-state index in [0.717, 1.165) is 47.7 Å². The molecule has 4 aromatic rings. The maximum Gasteiger partial charge on any atom is 0.230 e. The lowest BCUT2D eigenvalue weighted by atomic mass is 10.2. The van der Waals surface area contributed by atoms with Crippen LogP contribution in [0, 0.1) is 5.82 Å². The smallest absolute Gasteiger partial charge is 0.230 e. The highest BCUT2D eigenvalue weighted by Crippen LogP contribution is 2.40. The summed E-state index contributed by atoms with van der Waals surface area (Å²) in [5.41, 5.74) is 2.10. The molecular weight excluding hydrogens is 367 g/mol. The standard InChI is InChI=1S/C18H15FN6OS/c19-11-3-4-13-12(7-11)16(24-5-6-27-9-24)22-17-14(20-8-25(13)17)15-21-18(26-23-15)10-1-2-10/h3-4,7-8,10H,1-2,5-6,9H2. The fraction of sp³-hybridized carbons (Fsp3) is 0.333. The average molecular weight is 382 g/mol. The second kappa shape index (κ2) is 5.66. The van der Waals surface area contributed by atoms with Gasteiger partial charge in [-0.3, -0.25) is 4.40 Å². The number of fused-ring (bicyclic) bond motifs is 3. The number of imidazole rings is 1. The van der Waals surface area contributed by atoms with Crippen molar-refractivity contribution in [1.29, 1.82) is 0 Å². The maximum absolute atomic E-state index is 13.9. The van der Waals surface area contributed by atoms with Gasteiger partial charge < -0.3 is 9.42 Å². The van der Waals surface area contributed by atoms with Crippen LogP contribution >= 0.6 is 11.8 Å². The van der Waals surface area contributed by atoms with E-state index in [9.17, 15) is 4.39 Å². The second-order valence-corrected chi connectivity index (χ2v) is 7.99. The van der Waals surface area contributed by atoms with E-state index in [0.29, 0.717) is 29.0 Å². The normalized spacial score (nSPS) is 17.4. The molecule has 2 fully saturated rings. The first-order valence-corrected chi connectivity index (χ1v) is 10.1. The Bertz CT molecular complexity index is 1180. The number of halogens is 1. The summed E-state index contributed by atoms with van der Waals surface area (Å²) >= 11 is 1.84. The van der Waals surface area contributed by atoms with Crippen LogP contribution in [-0.4, -0.2) is 42.7 Å². The first kappa shape index (κ1) is 15.4. The van der Waals surface area contributed by atoms with E-state index >= 15 is 0 Å². The highest BCUT2D eigenvalue weighted by molar-refractivity contribution is 7.99. The van der Waals surface area contributed by atoms with Crippen LogP contribution in [0.15, 0.2) is 29.0 Å². The SMILES string of the molecule is Fc1ccc2c(c1)c(N1CCSC1)nc1c(-c3noc(C4CC4)n3)ncn12. The molecule has 0 radical (unpaired) electrons. The highest BCUT2D eigenvalue weighted by atomic mass is 32.2. The molecule has 0 amide bonds. The predicted octanol–water partition coefficient (Wildman–Crippen LogP) is 3.46. The summed E-state index contributed by atoms with van der Waals surface area (Å²) in [7, 11) is 0. The molecule has 7 nitrogen and oxygen atoms in total. The van der Waals surface area contributed by atoms with Crippen molar-refractivity contribution in [3.63, 3.8) is 0 Å². The number of nitrogens with zero attached hydrogens (tertiary/aromatic N) is 6. The molecule has 4 heterocycles. The van der Waals surface area contributed by atoms with Crippen molar-refractivity contribution in [2.24, 2.45) is 0 Å². The first-order valence-electron chi connectivity index (χ1n) is 8.91. The van der Waals surface area contributed by atoms with E-state index in [1.807, 2.05) is 16.2 Å². The minimum absolute atomic E-state index is 0.274. The van der Waals surface area contributed by atoms with E-state index in [1.165, 1.54) is 6.07 Å². The molecule has 27 heavy (non-hydrogen) atoms. The third kappa shape index (κ3) is 2.41. The maximum atomic E-state index is 13.9. The molecule has 9 heteroatoms. The van der Waals surface area contributed by atoms with Crippen molar-refractivity contribution in [1.82, 2.24) is 24.5 Å². The molecular formula is C18H15FN6OS. The summed E-state index contributed by atoms with van der Waals surface area (Å²) in [4.78, 5) is 16.0. The summed E-state index contributed by atoms with van der Waals surface area (Å²) in [5, 5.41) is 4.89. The van der Waals surface area contributed by atoms with Gasteiger partial charge in [0, 0.05) is 23.6 Å². The molecule has 0 unspecified atom stereocenters. The zero-order valence-corrected chi connectivity index (χ0v) is 15.1. The monoisotopic (exact) mass is 382 g/mol. The molecule has 1 aliphatic heterocycles.